The fourth-order valence-electron chi connectivity index (χ4n) is 1.79. The van der Waals surface area contributed by atoms with Crippen molar-refractivity contribution >= 4 is 17.5 Å². The second kappa shape index (κ2) is 5.85. The van der Waals surface area contributed by atoms with Gasteiger partial charge in [0.1, 0.15) is 5.82 Å². The molecule has 0 aromatic heterocycles. The molecule has 1 N–H and O–H groups in total. The Hall–Kier alpha value is -1.87. The SMILES string of the molecule is Cc1ccccc1CNC(=O)c1c(F)cccc1Cl. The number of hydrogen-bond donors (Lipinski definition) is 1. The van der Waals surface area contributed by atoms with Crippen molar-refractivity contribution in [3.05, 3.63) is 70.0 Å². The predicted molar refractivity (Wildman–Crippen MR) is 73.8 cm³/mol. The Bertz CT molecular complexity index is 593. The lowest BCUT2D eigenvalue weighted by Gasteiger charge is -2.09. The van der Waals surface area contributed by atoms with Crippen LogP contribution in [-0.4, -0.2) is 5.91 Å². The molecule has 2 rings (SSSR count). The summed E-state index contributed by atoms with van der Waals surface area (Å²) in [6, 6.07) is 11.9. The van der Waals surface area contributed by atoms with Crippen molar-refractivity contribution in [3.8, 4) is 0 Å². The van der Waals surface area contributed by atoms with Crippen LogP contribution in [-0.2, 0) is 6.54 Å². The van der Waals surface area contributed by atoms with E-state index in [1.807, 2.05) is 31.2 Å². The van der Waals surface area contributed by atoms with Crippen molar-refractivity contribution < 1.29 is 9.18 Å². The number of carbonyl (C=O) groups excluding carboxylic acids is 1. The first-order valence-electron chi connectivity index (χ1n) is 5.86. The molecular weight excluding hydrogens is 265 g/mol. The smallest absolute Gasteiger partial charge is 0.256 e. The molecule has 0 saturated heterocycles. The van der Waals surface area contributed by atoms with Gasteiger partial charge in [0.15, 0.2) is 0 Å². The Balaban J connectivity index is 2.13. The summed E-state index contributed by atoms with van der Waals surface area (Å²) in [5, 5.41) is 2.79. The van der Waals surface area contributed by atoms with E-state index in [4.69, 9.17) is 11.6 Å². The van der Waals surface area contributed by atoms with E-state index < -0.39 is 11.7 Å². The van der Waals surface area contributed by atoms with Crippen LogP contribution >= 0.6 is 11.6 Å². The maximum absolute atomic E-state index is 13.6. The molecule has 4 heteroatoms. The molecular formula is C15H13ClFNO. The minimum atomic E-state index is -0.616. The van der Waals surface area contributed by atoms with E-state index in [-0.39, 0.29) is 10.6 Å². The highest BCUT2D eigenvalue weighted by Crippen LogP contribution is 2.19. The van der Waals surface area contributed by atoms with Crippen LogP contribution in [0, 0.1) is 12.7 Å². The highest BCUT2D eigenvalue weighted by molar-refractivity contribution is 6.33. The van der Waals surface area contributed by atoms with E-state index in [9.17, 15) is 9.18 Å². The summed E-state index contributed by atoms with van der Waals surface area (Å²) in [5.41, 5.74) is 1.95. The van der Waals surface area contributed by atoms with Gasteiger partial charge in [-0.25, -0.2) is 4.39 Å². The molecule has 0 saturated carbocycles. The first kappa shape index (κ1) is 13.6. The third kappa shape index (κ3) is 3.12. The average Bonchev–Trinajstić information content (AvgIpc) is 2.37. The molecule has 19 heavy (non-hydrogen) atoms. The lowest BCUT2D eigenvalue weighted by atomic mass is 10.1. The van der Waals surface area contributed by atoms with Crippen molar-refractivity contribution in [2.24, 2.45) is 0 Å². The van der Waals surface area contributed by atoms with Gasteiger partial charge in [-0.05, 0) is 30.2 Å². The molecule has 2 aromatic rings. The van der Waals surface area contributed by atoms with E-state index in [0.29, 0.717) is 6.54 Å². The summed E-state index contributed by atoms with van der Waals surface area (Å²) in [6.45, 7) is 2.30. The van der Waals surface area contributed by atoms with Gasteiger partial charge in [0.2, 0.25) is 0 Å². The van der Waals surface area contributed by atoms with Gasteiger partial charge in [0.05, 0.1) is 10.6 Å². The van der Waals surface area contributed by atoms with Gasteiger partial charge in [0, 0.05) is 6.54 Å². The molecule has 0 unspecified atom stereocenters. The van der Waals surface area contributed by atoms with Crippen molar-refractivity contribution in [2.75, 3.05) is 0 Å². The van der Waals surface area contributed by atoms with Crippen LogP contribution in [0.3, 0.4) is 0 Å². The molecule has 0 atom stereocenters. The number of amides is 1. The topological polar surface area (TPSA) is 29.1 Å². The molecule has 0 radical (unpaired) electrons. The zero-order chi connectivity index (χ0) is 13.8. The summed E-state index contributed by atoms with van der Waals surface area (Å²) in [7, 11) is 0. The number of rotatable bonds is 3. The van der Waals surface area contributed by atoms with Crippen LogP contribution < -0.4 is 5.32 Å². The number of hydrogen-bond acceptors (Lipinski definition) is 1. The van der Waals surface area contributed by atoms with Crippen LogP contribution in [0.25, 0.3) is 0 Å². The lowest BCUT2D eigenvalue weighted by Crippen LogP contribution is -2.24. The Labute approximate surface area is 116 Å². The number of nitrogens with one attached hydrogen (secondary N) is 1. The maximum atomic E-state index is 13.6. The Kier molecular flexibility index (Phi) is 4.17. The summed E-state index contributed by atoms with van der Waals surface area (Å²) < 4.78 is 13.6. The molecule has 0 bridgehead atoms. The molecule has 0 heterocycles. The van der Waals surface area contributed by atoms with Gasteiger partial charge >= 0.3 is 0 Å². The van der Waals surface area contributed by atoms with E-state index in [0.717, 1.165) is 11.1 Å². The second-order valence-electron chi connectivity index (χ2n) is 4.21. The summed E-state index contributed by atoms with van der Waals surface area (Å²) >= 11 is 5.84. The third-order valence-corrected chi connectivity index (χ3v) is 3.21. The standard InChI is InChI=1S/C15H13ClFNO/c1-10-5-2-3-6-11(10)9-18-15(19)14-12(16)7-4-8-13(14)17/h2-8H,9H2,1H3,(H,18,19). The molecule has 0 aliphatic rings. The molecule has 1 amide bonds. The number of halogens is 2. The van der Waals surface area contributed by atoms with Gasteiger partial charge in [-0.15, -0.1) is 0 Å². The Morgan fingerprint density at radius 1 is 1.21 bits per heavy atom. The van der Waals surface area contributed by atoms with E-state index in [1.165, 1.54) is 18.2 Å². The Morgan fingerprint density at radius 3 is 2.63 bits per heavy atom. The van der Waals surface area contributed by atoms with Gasteiger partial charge in [-0.1, -0.05) is 41.9 Å². The molecule has 0 aliphatic heterocycles. The van der Waals surface area contributed by atoms with Crippen LogP contribution in [0.2, 0.25) is 5.02 Å². The van der Waals surface area contributed by atoms with Gasteiger partial charge in [-0.3, -0.25) is 4.79 Å². The summed E-state index contributed by atoms with van der Waals surface area (Å²) in [4.78, 5) is 11.9. The minimum absolute atomic E-state index is 0.113. The largest absolute Gasteiger partial charge is 0.348 e. The van der Waals surface area contributed by atoms with Crippen LogP contribution in [0.5, 0.6) is 0 Å². The monoisotopic (exact) mass is 277 g/mol. The van der Waals surface area contributed by atoms with E-state index >= 15 is 0 Å². The summed E-state index contributed by atoms with van der Waals surface area (Å²) in [6.07, 6.45) is 0. The highest BCUT2D eigenvalue weighted by Gasteiger charge is 2.15. The number of benzene rings is 2. The van der Waals surface area contributed by atoms with Gasteiger partial charge < -0.3 is 5.32 Å². The lowest BCUT2D eigenvalue weighted by molar-refractivity contribution is 0.0947. The first-order valence-corrected chi connectivity index (χ1v) is 6.24. The van der Waals surface area contributed by atoms with Crippen molar-refractivity contribution in [1.29, 1.82) is 0 Å². The fraction of sp³-hybridized carbons (Fsp3) is 0.133. The van der Waals surface area contributed by atoms with Crippen molar-refractivity contribution in [1.82, 2.24) is 5.32 Å². The highest BCUT2D eigenvalue weighted by atomic mass is 35.5. The van der Waals surface area contributed by atoms with Gasteiger partial charge in [-0.2, -0.15) is 0 Å². The first-order chi connectivity index (χ1) is 9.09. The average molecular weight is 278 g/mol. The van der Waals surface area contributed by atoms with E-state index in [2.05, 4.69) is 5.32 Å². The predicted octanol–water partition coefficient (Wildman–Crippen LogP) is 3.72. The molecule has 98 valence electrons. The van der Waals surface area contributed by atoms with Crippen molar-refractivity contribution in [3.63, 3.8) is 0 Å². The third-order valence-electron chi connectivity index (χ3n) is 2.89. The fourth-order valence-corrected chi connectivity index (χ4v) is 2.04. The summed E-state index contributed by atoms with van der Waals surface area (Å²) in [5.74, 6) is -1.12. The Morgan fingerprint density at radius 2 is 1.95 bits per heavy atom. The van der Waals surface area contributed by atoms with E-state index in [1.54, 1.807) is 0 Å². The van der Waals surface area contributed by atoms with Crippen molar-refractivity contribution in [2.45, 2.75) is 13.5 Å². The zero-order valence-electron chi connectivity index (χ0n) is 10.4. The minimum Gasteiger partial charge on any atom is -0.348 e. The number of aryl methyl sites for hydroxylation is 1. The maximum Gasteiger partial charge on any atom is 0.256 e. The quantitative estimate of drug-likeness (QED) is 0.910. The molecule has 0 aliphatic carbocycles. The molecule has 0 spiro atoms. The zero-order valence-corrected chi connectivity index (χ0v) is 11.2. The van der Waals surface area contributed by atoms with Gasteiger partial charge in [0.25, 0.3) is 5.91 Å². The molecule has 0 fully saturated rings. The van der Waals surface area contributed by atoms with Crippen LogP contribution in [0.15, 0.2) is 42.5 Å². The number of carbonyl (C=O) groups is 1. The van der Waals surface area contributed by atoms with Crippen LogP contribution in [0.4, 0.5) is 4.39 Å². The molecule has 2 nitrogen and oxygen atoms in total. The second-order valence-corrected chi connectivity index (χ2v) is 4.61. The normalized spacial score (nSPS) is 10.3. The van der Waals surface area contributed by atoms with Crippen LogP contribution in [0.1, 0.15) is 21.5 Å². The molecule has 2 aromatic carbocycles.